The summed E-state index contributed by atoms with van der Waals surface area (Å²) in [5.74, 6) is 0.496. The highest BCUT2D eigenvalue weighted by Gasteiger charge is 2.30. The number of nitrogens with zero attached hydrogens (tertiary/aromatic N) is 7. The van der Waals surface area contributed by atoms with Crippen LogP contribution in [0.1, 0.15) is 36.8 Å². The second-order valence-corrected chi connectivity index (χ2v) is 12.6. The summed E-state index contributed by atoms with van der Waals surface area (Å²) in [7, 11) is 1.90. The van der Waals surface area contributed by atoms with E-state index in [9.17, 15) is 10.1 Å². The first-order valence-electron chi connectivity index (χ1n) is 15.6. The number of amides is 2. The number of hydrogen-bond donors (Lipinski definition) is 2. The van der Waals surface area contributed by atoms with Crippen molar-refractivity contribution in [3.05, 3.63) is 108 Å². The minimum atomic E-state index is -0.114. The van der Waals surface area contributed by atoms with E-state index in [2.05, 4.69) is 31.8 Å². The van der Waals surface area contributed by atoms with Crippen molar-refractivity contribution in [3.63, 3.8) is 0 Å². The van der Waals surface area contributed by atoms with E-state index in [1.54, 1.807) is 22.2 Å². The van der Waals surface area contributed by atoms with Gasteiger partial charge in [0.1, 0.15) is 6.07 Å². The maximum Gasteiger partial charge on any atom is 0.322 e. The normalized spacial score (nSPS) is 16.0. The van der Waals surface area contributed by atoms with Crippen molar-refractivity contribution in [1.29, 1.82) is 5.26 Å². The van der Waals surface area contributed by atoms with Gasteiger partial charge in [0.2, 0.25) is 5.95 Å². The molecule has 3 heterocycles. The zero-order valence-electron chi connectivity index (χ0n) is 25.9. The van der Waals surface area contributed by atoms with E-state index in [0.717, 1.165) is 63.8 Å². The van der Waals surface area contributed by atoms with E-state index >= 15 is 0 Å². The maximum atomic E-state index is 13.8. The number of nitriles is 1. The van der Waals surface area contributed by atoms with Crippen molar-refractivity contribution in [3.8, 4) is 28.5 Å². The predicted octanol–water partition coefficient (Wildman–Crippen LogP) is 7.16. The number of thiazole rings is 1. The summed E-state index contributed by atoms with van der Waals surface area (Å²) in [4.78, 5) is 29.3. The molecule has 1 fully saturated rings. The highest BCUT2D eigenvalue weighted by molar-refractivity contribution is 7.16. The molecule has 234 valence electrons. The van der Waals surface area contributed by atoms with Crippen molar-refractivity contribution in [2.24, 2.45) is 7.05 Å². The molecule has 3 aromatic heterocycles. The largest absolute Gasteiger partial charge is 0.351 e. The van der Waals surface area contributed by atoms with Crippen LogP contribution in [0.4, 0.5) is 16.4 Å². The molecule has 1 saturated carbocycles. The molecule has 0 radical (unpaired) electrons. The maximum absolute atomic E-state index is 13.8. The standard InChI is InChI=1S/C36H33N9OS/c1-44-22-28(21-41-44)25-7-12-30(13-8-25)45(36(46)39-19-24-5-3-2-4-6-24)31-14-10-29(11-15-31)42-35-38-20-27(18-37)34(43-35)26-9-16-32-33(17-26)47-23-40-32/h2-9,12-13,16-17,20-23,29,31H,10-11,14-15,19H2,1H3,(H,39,46)(H,38,42,43). The lowest BCUT2D eigenvalue weighted by Gasteiger charge is -2.37. The molecule has 1 aliphatic carbocycles. The van der Waals surface area contributed by atoms with Gasteiger partial charge in [-0.3, -0.25) is 9.58 Å². The van der Waals surface area contributed by atoms with Gasteiger partial charge in [-0.25, -0.2) is 19.7 Å². The van der Waals surface area contributed by atoms with Gasteiger partial charge >= 0.3 is 6.03 Å². The van der Waals surface area contributed by atoms with Crippen molar-refractivity contribution in [2.45, 2.75) is 44.3 Å². The first-order chi connectivity index (χ1) is 23.0. The molecular weight excluding hydrogens is 607 g/mol. The number of carbonyl (C=O) groups excluding carboxylic acids is 1. The van der Waals surface area contributed by atoms with E-state index in [4.69, 9.17) is 4.98 Å². The van der Waals surface area contributed by atoms with Crippen molar-refractivity contribution in [2.75, 3.05) is 10.2 Å². The number of carbonyl (C=O) groups is 1. The van der Waals surface area contributed by atoms with E-state index in [0.29, 0.717) is 23.8 Å². The molecule has 0 unspecified atom stereocenters. The van der Waals surface area contributed by atoms with Crippen LogP contribution in [-0.4, -0.2) is 42.8 Å². The summed E-state index contributed by atoms with van der Waals surface area (Å²) < 4.78 is 2.83. The number of aryl methyl sites for hydroxylation is 1. The number of benzene rings is 3. The summed E-state index contributed by atoms with van der Waals surface area (Å²) >= 11 is 1.56. The molecule has 0 aliphatic heterocycles. The third-order valence-electron chi connectivity index (χ3n) is 8.60. The van der Waals surface area contributed by atoms with Gasteiger partial charge < -0.3 is 10.6 Å². The van der Waals surface area contributed by atoms with Crippen LogP contribution in [0.3, 0.4) is 0 Å². The molecular formula is C36H33N9OS. The topological polar surface area (TPSA) is 125 Å². The molecule has 6 aromatic rings. The molecule has 3 aromatic carbocycles. The molecule has 0 spiro atoms. The monoisotopic (exact) mass is 639 g/mol. The fraction of sp³-hybridized carbons (Fsp3) is 0.222. The fourth-order valence-corrected chi connectivity index (χ4v) is 6.87. The Labute approximate surface area is 276 Å². The highest BCUT2D eigenvalue weighted by atomic mass is 32.1. The second-order valence-electron chi connectivity index (χ2n) is 11.7. The molecule has 2 amide bonds. The van der Waals surface area contributed by atoms with Gasteiger partial charge in [-0.15, -0.1) is 11.3 Å². The average Bonchev–Trinajstić information content (AvgIpc) is 3.77. The smallest absolute Gasteiger partial charge is 0.322 e. The van der Waals surface area contributed by atoms with Gasteiger partial charge in [0.25, 0.3) is 0 Å². The first-order valence-corrected chi connectivity index (χ1v) is 16.5. The number of nitrogens with one attached hydrogen (secondary N) is 2. The quantitative estimate of drug-likeness (QED) is 0.181. The Kier molecular flexibility index (Phi) is 8.58. The molecule has 7 rings (SSSR count). The van der Waals surface area contributed by atoms with Crippen LogP contribution in [0, 0.1) is 11.3 Å². The summed E-state index contributed by atoms with van der Waals surface area (Å²) in [6.07, 6.45) is 8.71. The molecule has 0 atom stereocenters. The molecule has 47 heavy (non-hydrogen) atoms. The number of anilines is 2. The van der Waals surface area contributed by atoms with Gasteiger partial charge in [0, 0.05) is 48.7 Å². The van der Waals surface area contributed by atoms with E-state index in [1.807, 2.05) is 103 Å². The Bertz CT molecular complexity index is 2040. The zero-order chi connectivity index (χ0) is 32.2. The highest BCUT2D eigenvalue weighted by Crippen LogP contribution is 2.32. The molecule has 11 heteroatoms. The van der Waals surface area contributed by atoms with E-state index < -0.39 is 0 Å². The summed E-state index contributed by atoms with van der Waals surface area (Å²) in [6, 6.07) is 26.3. The van der Waals surface area contributed by atoms with Crippen molar-refractivity contribution < 1.29 is 4.79 Å². The van der Waals surface area contributed by atoms with Crippen molar-refractivity contribution in [1.82, 2.24) is 30.0 Å². The first kappa shape index (κ1) is 30.1. The van der Waals surface area contributed by atoms with Crippen LogP contribution in [0.5, 0.6) is 0 Å². The van der Waals surface area contributed by atoms with Crippen LogP contribution in [0.15, 0.2) is 96.9 Å². The molecule has 2 N–H and O–H groups in total. The Morgan fingerprint density at radius 3 is 2.51 bits per heavy atom. The van der Waals surface area contributed by atoms with Gasteiger partial charge in [0.05, 0.1) is 39.4 Å². The Morgan fingerprint density at radius 2 is 1.77 bits per heavy atom. The zero-order valence-corrected chi connectivity index (χ0v) is 26.7. The number of fused-ring (bicyclic) bond motifs is 1. The molecule has 0 bridgehead atoms. The SMILES string of the molecule is Cn1cc(-c2ccc(N(C(=O)NCc3ccccc3)C3CCC(Nc4ncc(C#N)c(-c5ccc6ncsc6c5)n4)CC3)cc2)cn1. The molecule has 1 aliphatic rings. The number of hydrogen-bond acceptors (Lipinski definition) is 8. The Hall–Kier alpha value is -5.60. The fourth-order valence-electron chi connectivity index (χ4n) is 6.15. The van der Waals surface area contributed by atoms with Crippen LogP contribution < -0.4 is 15.5 Å². The Balaban J connectivity index is 1.07. The van der Waals surface area contributed by atoms with Crippen LogP contribution >= 0.6 is 11.3 Å². The molecule has 0 saturated heterocycles. The summed E-state index contributed by atoms with van der Waals surface area (Å²) in [5.41, 5.74) is 8.62. The average molecular weight is 640 g/mol. The summed E-state index contributed by atoms with van der Waals surface area (Å²) in [5, 5.41) is 20.7. The lowest BCUT2D eigenvalue weighted by molar-refractivity contribution is 0.240. The van der Waals surface area contributed by atoms with Gasteiger partial charge in [-0.1, -0.05) is 48.5 Å². The number of aromatic nitrogens is 5. The van der Waals surface area contributed by atoms with Crippen molar-refractivity contribution >= 4 is 39.2 Å². The third-order valence-corrected chi connectivity index (χ3v) is 9.39. The Morgan fingerprint density at radius 1 is 0.979 bits per heavy atom. The van der Waals surface area contributed by atoms with Gasteiger partial charge in [-0.05, 0) is 61.1 Å². The van der Waals surface area contributed by atoms with Crippen LogP contribution in [-0.2, 0) is 13.6 Å². The van der Waals surface area contributed by atoms with E-state index in [1.165, 1.54) is 0 Å². The third kappa shape index (κ3) is 6.68. The van der Waals surface area contributed by atoms with Crippen LogP contribution in [0.2, 0.25) is 0 Å². The minimum Gasteiger partial charge on any atom is -0.351 e. The van der Waals surface area contributed by atoms with Gasteiger partial charge in [0.15, 0.2) is 0 Å². The number of rotatable bonds is 8. The second kappa shape index (κ2) is 13.4. The number of urea groups is 1. The lowest BCUT2D eigenvalue weighted by Crippen LogP contribution is -2.48. The van der Waals surface area contributed by atoms with Crippen LogP contribution in [0.25, 0.3) is 32.6 Å². The van der Waals surface area contributed by atoms with Gasteiger partial charge in [-0.2, -0.15) is 10.4 Å². The molecule has 10 nitrogen and oxygen atoms in total. The minimum absolute atomic E-state index is 0.0247. The predicted molar refractivity (Wildman–Crippen MR) is 185 cm³/mol. The lowest BCUT2D eigenvalue weighted by atomic mass is 9.90. The summed E-state index contributed by atoms with van der Waals surface area (Å²) in [6.45, 7) is 0.454. The van der Waals surface area contributed by atoms with E-state index in [-0.39, 0.29) is 18.1 Å².